The molecule has 0 aliphatic heterocycles. The van der Waals surface area contributed by atoms with E-state index in [-0.39, 0.29) is 0 Å². The van der Waals surface area contributed by atoms with E-state index in [1.165, 1.54) is 38.5 Å². The Labute approximate surface area is 92.1 Å². The summed E-state index contributed by atoms with van der Waals surface area (Å²) in [6.07, 6.45) is 9.97. The standard InChI is InChI=1S/C13H21NO/c1-11(13-9-6-10-15-13)14-12-7-4-2-3-5-8-12/h6,9-12,14H,2-5,7-8H2,1H3/t11-/m1/s1. The Hall–Kier alpha value is -0.760. The molecule has 1 aliphatic rings. The molecule has 15 heavy (non-hydrogen) atoms. The van der Waals surface area contributed by atoms with E-state index in [9.17, 15) is 0 Å². The highest BCUT2D eigenvalue weighted by Crippen LogP contribution is 2.21. The second-order valence-electron chi connectivity index (χ2n) is 4.59. The number of hydrogen-bond acceptors (Lipinski definition) is 2. The summed E-state index contributed by atoms with van der Waals surface area (Å²) in [6, 6.07) is 5.05. The molecule has 1 aromatic heterocycles. The third kappa shape index (κ3) is 3.10. The fourth-order valence-corrected chi connectivity index (χ4v) is 2.42. The molecule has 0 bridgehead atoms. The van der Waals surface area contributed by atoms with E-state index in [0.717, 1.165) is 5.76 Å². The molecule has 2 rings (SSSR count). The maximum absolute atomic E-state index is 5.41. The summed E-state index contributed by atoms with van der Waals surface area (Å²) in [4.78, 5) is 0. The maximum atomic E-state index is 5.41. The smallest absolute Gasteiger partial charge is 0.120 e. The van der Waals surface area contributed by atoms with Crippen LogP contribution in [0.25, 0.3) is 0 Å². The molecule has 1 heterocycles. The lowest BCUT2D eigenvalue weighted by atomic mass is 10.1. The molecule has 0 aromatic carbocycles. The van der Waals surface area contributed by atoms with Crippen molar-refractivity contribution < 1.29 is 4.42 Å². The van der Waals surface area contributed by atoms with Crippen molar-refractivity contribution in [1.82, 2.24) is 5.32 Å². The van der Waals surface area contributed by atoms with E-state index >= 15 is 0 Å². The van der Waals surface area contributed by atoms with Gasteiger partial charge in [-0.1, -0.05) is 25.7 Å². The summed E-state index contributed by atoms with van der Waals surface area (Å²) < 4.78 is 5.41. The van der Waals surface area contributed by atoms with Gasteiger partial charge >= 0.3 is 0 Å². The Bertz CT molecular complexity index is 260. The first-order chi connectivity index (χ1) is 7.36. The zero-order valence-electron chi connectivity index (χ0n) is 9.54. The van der Waals surface area contributed by atoms with Gasteiger partial charge in [-0.15, -0.1) is 0 Å². The van der Waals surface area contributed by atoms with Crippen LogP contribution in [0.2, 0.25) is 0 Å². The molecule has 1 N–H and O–H groups in total. The number of hydrogen-bond donors (Lipinski definition) is 1. The van der Waals surface area contributed by atoms with Crippen molar-refractivity contribution in [3.63, 3.8) is 0 Å². The van der Waals surface area contributed by atoms with Crippen molar-refractivity contribution in [3.05, 3.63) is 24.2 Å². The van der Waals surface area contributed by atoms with Crippen molar-refractivity contribution in [3.8, 4) is 0 Å². The Morgan fingerprint density at radius 1 is 1.27 bits per heavy atom. The van der Waals surface area contributed by atoms with Crippen LogP contribution in [0.1, 0.15) is 57.3 Å². The molecular formula is C13H21NO. The summed E-state index contributed by atoms with van der Waals surface area (Å²) in [6.45, 7) is 2.18. The summed E-state index contributed by atoms with van der Waals surface area (Å²) in [5.41, 5.74) is 0. The molecule has 2 heteroatoms. The highest BCUT2D eigenvalue weighted by atomic mass is 16.3. The van der Waals surface area contributed by atoms with Crippen LogP contribution in [-0.4, -0.2) is 6.04 Å². The lowest BCUT2D eigenvalue weighted by molar-refractivity contribution is 0.366. The Morgan fingerprint density at radius 3 is 2.60 bits per heavy atom. The van der Waals surface area contributed by atoms with Gasteiger partial charge in [0.1, 0.15) is 5.76 Å². The second-order valence-corrected chi connectivity index (χ2v) is 4.59. The second kappa shape index (κ2) is 5.36. The minimum absolute atomic E-state index is 0.350. The lowest BCUT2D eigenvalue weighted by Gasteiger charge is -2.20. The highest BCUT2D eigenvalue weighted by Gasteiger charge is 2.16. The van der Waals surface area contributed by atoms with Crippen LogP contribution in [0, 0.1) is 0 Å². The molecule has 1 saturated carbocycles. The summed E-state index contributed by atoms with van der Waals surface area (Å²) in [5, 5.41) is 3.67. The number of furan rings is 1. The average molecular weight is 207 g/mol. The van der Waals surface area contributed by atoms with Crippen molar-refractivity contribution in [2.75, 3.05) is 0 Å². The molecule has 1 atom stereocenters. The van der Waals surface area contributed by atoms with Gasteiger partial charge in [-0.25, -0.2) is 0 Å². The lowest BCUT2D eigenvalue weighted by Crippen LogP contribution is -2.30. The van der Waals surface area contributed by atoms with Crippen molar-refractivity contribution in [2.24, 2.45) is 0 Å². The SMILES string of the molecule is C[C@@H](NC1CCCCCC1)c1ccco1. The van der Waals surface area contributed by atoms with Crippen LogP contribution in [0.15, 0.2) is 22.8 Å². The first-order valence-electron chi connectivity index (χ1n) is 6.16. The molecule has 0 radical (unpaired) electrons. The minimum Gasteiger partial charge on any atom is -0.468 e. The van der Waals surface area contributed by atoms with Gasteiger partial charge < -0.3 is 9.73 Å². The predicted octanol–water partition coefficient (Wildman–Crippen LogP) is 3.65. The average Bonchev–Trinajstić information content (AvgIpc) is 2.65. The van der Waals surface area contributed by atoms with Gasteiger partial charge in [-0.3, -0.25) is 0 Å². The van der Waals surface area contributed by atoms with E-state index in [0.29, 0.717) is 12.1 Å². The van der Waals surface area contributed by atoms with Gasteiger partial charge in [-0.2, -0.15) is 0 Å². The van der Waals surface area contributed by atoms with Crippen molar-refractivity contribution in [1.29, 1.82) is 0 Å². The zero-order valence-corrected chi connectivity index (χ0v) is 9.54. The molecule has 0 spiro atoms. The van der Waals surface area contributed by atoms with Crippen LogP contribution < -0.4 is 5.32 Å². The third-order valence-corrected chi connectivity index (χ3v) is 3.31. The normalized spacial score (nSPS) is 21.1. The Balaban J connectivity index is 1.84. The van der Waals surface area contributed by atoms with Crippen molar-refractivity contribution >= 4 is 0 Å². The minimum atomic E-state index is 0.350. The van der Waals surface area contributed by atoms with Gasteiger partial charge in [0.15, 0.2) is 0 Å². The molecule has 0 saturated heterocycles. The summed E-state index contributed by atoms with van der Waals surface area (Å²) in [5.74, 6) is 1.05. The molecular weight excluding hydrogens is 186 g/mol. The summed E-state index contributed by atoms with van der Waals surface area (Å²) in [7, 11) is 0. The van der Waals surface area contributed by atoms with Crippen molar-refractivity contribution in [2.45, 2.75) is 57.5 Å². The van der Waals surface area contributed by atoms with Crippen LogP contribution in [0.3, 0.4) is 0 Å². The molecule has 0 amide bonds. The van der Waals surface area contributed by atoms with Gasteiger partial charge in [0.2, 0.25) is 0 Å². The Kier molecular flexibility index (Phi) is 3.84. The first kappa shape index (κ1) is 10.7. The number of nitrogens with one attached hydrogen (secondary N) is 1. The topological polar surface area (TPSA) is 25.2 Å². The number of rotatable bonds is 3. The van der Waals surface area contributed by atoms with Crippen LogP contribution in [0.4, 0.5) is 0 Å². The third-order valence-electron chi connectivity index (χ3n) is 3.31. The zero-order chi connectivity index (χ0) is 10.5. The molecule has 1 aromatic rings. The van der Waals surface area contributed by atoms with E-state index < -0.39 is 0 Å². The molecule has 2 nitrogen and oxygen atoms in total. The van der Waals surface area contributed by atoms with E-state index in [2.05, 4.69) is 12.2 Å². The quantitative estimate of drug-likeness (QED) is 0.765. The predicted molar refractivity (Wildman–Crippen MR) is 61.7 cm³/mol. The monoisotopic (exact) mass is 207 g/mol. The fourth-order valence-electron chi connectivity index (χ4n) is 2.42. The van der Waals surface area contributed by atoms with Gasteiger partial charge in [0, 0.05) is 6.04 Å². The van der Waals surface area contributed by atoms with E-state index in [1.54, 1.807) is 6.26 Å². The van der Waals surface area contributed by atoms with Gasteiger partial charge in [0.25, 0.3) is 0 Å². The molecule has 1 fully saturated rings. The summed E-state index contributed by atoms with van der Waals surface area (Å²) >= 11 is 0. The molecule has 84 valence electrons. The fraction of sp³-hybridized carbons (Fsp3) is 0.692. The van der Waals surface area contributed by atoms with E-state index in [1.807, 2.05) is 12.1 Å². The highest BCUT2D eigenvalue weighted by molar-refractivity contribution is 5.03. The van der Waals surface area contributed by atoms with Gasteiger partial charge in [-0.05, 0) is 31.9 Å². The van der Waals surface area contributed by atoms with Crippen LogP contribution in [-0.2, 0) is 0 Å². The first-order valence-corrected chi connectivity index (χ1v) is 6.16. The van der Waals surface area contributed by atoms with Crippen LogP contribution >= 0.6 is 0 Å². The molecule has 0 unspecified atom stereocenters. The van der Waals surface area contributed by atoms with E-state index in [4.69, 9.17) is 4.42 Å². The molecule has 1 aliphatic carbocycles. The Morgan fingerprint density at radius 2 is 2.00 bits per heavy atom. The van der Waals surface area contributed by atoms with Gasteiger partial charge in [0.05, 0.1) is 12.3 Å². The largest absolute Gasteiger partial charge is 0.468 e. The van der Waals surface area contributed by atoms with Crippen LogP contribution in [0.5, 0.6) is 0 Å². The maximum Gasteiger partial charge on any atom is 0.120 e.